The van der Waals surface area contributed by atoms with Gasteiger partial charge in [0, 0.05) is 6.42 Å². The number of rotatable bonds is 5. The molecule has 7 heteroatoms. The molecule has 0 aliphatic rings. The molecule has 0 fully saturated rings. The zero-order valence-corrected chi connectivity index (χ0v) is 11.6. The summed E-state index contributed by atoms with van der Waals surface area (Å²) in [5, 5.41) is 11.2. The number of hydrogen-bond donors (Lipinski definition) is 2. The number of nitrogens with one attached hydrogen (secondary N) is 1. The monoisotopic (exact) mass is 303 g/mol. The summed E-state index contributed by atoms with van der Waals surface area (Å²) in [6.07, 6.45) is -6.52. The van der Waals surface area contributed by atoms with Gasteiger partial charge in [-0.2, -0.15) is 13.2 Å². The van der Waals surface area contributed by atoms with Gasteiger partial charge >= 0.3 is 12.1 Å². The molecule has 1 aromatic rings. The lowest BCUT2D eigenvalue weighted by atomic mass is 10.0. The van der Waals surface area contributed by atoms with E-state index in [0.29, 0.717) is 5.56 Å². The maximum atomic E-state index is 12.0. The van der Waals surface area contributed by atoms with Crippen molar-refractivity contribution in [2.24, 2.45) is 0 Å². The zero-order chi connectivity index (χ0) is 16.2. The van der Waals surface area contributed by atoms with Crippen LogP contribution in [0.4, 0.5) is 13.2 Å². The molecule has 0 radical (unpaired) electrons. The van der Waals surface area contributed by atoms with Crippen molar-refractivity contribution < 1.29 is 27.9 Å². The largest absolute Gasteiger partial charge is 0.479 e. The van der Waals surface area contributed by atoms with Crippen LogP contribution in [0.5, 0.6) is 0 Å². The first-order valence-electron chi connectivity index (χ1n) is 6.26. The van der Waals surface area contributed by atoms with E-state index in [1.807, 2.05) is 6.92 Å². The second kappa shape index (κ2) is 6.60. The number of benzene rings is 1. The molecule has 0 aromatic heterocycles. The van der Waals surface area contributed by atoms with Gasteiger partial charge < -0.3 is 10.4 Å². The molecule has 0 heterocycles. The van der Waals surface area contributed by atoms with E-state index >= 15 is 0 Å². The number of amides is 1. The maximum absolute atomic E-state index is 12.0. The van der Waals surface area contributed by atoms with Crippen LogP contribution < -0.4 is 5.32 Å². The van der Waals surface area contributed by atoms with Crippen LogP contribution in [0.25, 0.3) is 0 Å². The van der Waals surface area contributed by atoms with E-state index in [4.69, 9.17) is 5.11 Å². The molecule has 0 saturated carbocycles. The number of aliphatic carboxylic acids is 1. The Morgan fingerprint density at radius 3 is 2.33 bits per heavy atom. The average Bonchev–Trinajstić information content (AvgIpc) is 2.36. The van der Waals surface area contributed by atoms with Crippen LogP contribution in [0.1, 0.15) is 35.6 Å². The molecular weight excluding hydrogens is 287 g/mol. The van der Waals surface area contributed by atoms with Crippen molar-refractivity contribution in [3.05, 3.63) is 34.9 Å². The van der Waals surface area contributed by atoms with Crippen molar-refractivity contribution in [2.75, 3.05) is 0 Å². The first kappa shape index (κ1) is 17.0. The highest BCUT2D eigenvalue weighted by Crippen LogP contribution is 2.22. The molecule has 4 nitrogen and oxygen atoms in total. The smallest absolute Gasteiger partial charge is 0.389 e. The van der Waals surface area contributed by atoms with Gasteiger partial charge in [0.25, 0.3) is 0 Å². The van der Waals surface area contributed by atoms with Crippen LogP contribution in [0, 0.1) is 13.8 Å². The molecule has 0 aliphatic carbocycles. The average molecular weight is 303 g/mol. The summed E-state index contributed by atoms with van der Waals surface area (Å²) in [7, 11) is 0. The van der Waals surface area contributed by atoms with Crippen molar-refractivity contribution >= 4 is 11.9 Å². The summed E-state index contributed by atoms with van der Waals surface area (Å²) in [4.78, 5) is 22.7. The highest BCUT2D eigenvalue weighted by atomic mass is 19.4. The van der Waals surface area contributed by atoms with Gasteiger partial charge in [-0.15, -0.1) is 0 Å². The molecule has 1 rings (SSSR count). The predicted octanol–water partition coefficient (Wildman–Crippen LogP) is 2.89. The fraction of sp³-hybridized carbons (Fsp3) is 0.429. The van der Waals surface area contributed by atoms with Crippen molar-refractivity contribution in [3.63, 3.8) is 0 Å². The van der Waals surface area contributed by atoms with E-state index in [2.05, 4.69) is 5.32 Å². The summed E-state index contributed by atoms with van der Waals surface area (Å²) < 4.78 is 36.1. The highest BCUT2D eigenvalue weighted by molar-refractivity contribution is 5.84. The van der Waals surface area contributed by atoms with Crippen molar-refractivity contribution in [2.45, 2.75) is 38.9 Å². The fourth-order valence-electron chi connectivity index (χ4n) is 1.72. The number of carbonyl (C=O) groups excluding carboxylic acids is 1. The van der Waals surface area contributed by atoms with Crippen LogP contribution in [0.2, 0.25) is 0 Å². The summed E-state index contributed by atoms with van der Waals surface area (Å²) in [5.74, 6) is -2.27. The Morgan fingerprint density at radius 2 is 1.86 bits per heavy atom. The maximum Gasteiger partial charge on any atom is 0.389 e. The minimum atomic E-state index is -4.45. The highest BCUT2D eigenvalue weighted by Gasteiger charge is 2.29. The van der Waals surface area contributed by atoms with Crippen LogP contribution in [-0.4, -0.2) is 23.2 Å². The molecule has 2 N–H and O–H groups in total. The van der Waals surface area contributed by atoms with E-state index in [-0.39, 0.29) is 0 Å². The quantitative estimate of drug-likeness (QED) is 0.879. The van der Waals surface area contributed by atoms with Gasteiger partial charge in [-0.1, -0.05) is 18.2 Å². The molecule has 0 bridgehead atoms. The minimum absolute atomic E-state index is 0.325. The summed E-state index contributed by atoms with van der Waals surface area (Å²) in [6.45, 7) is 3.63. The number of alkyl halides is 3. The Balaban J connectivity index is 2.81. The van der Waals surface area contributed by atoms with Crippen molar-refractivity contribution in [1.29, 1.82) is 0 Å². The Labute approximate surface area is 120 Å². The van der Waals surface area contributed by atoms with Crippen LogP contribution in [0.15, 0.2) is 18.2 Å². The lowest BCUT2D eigenvalue weighted by Gasteiger charge is -2.16. The normalized spacial score (nSPS) is 12.8. The molecule has 0 spiro atoms. The van der Waals surface area contributed by atoms with E-state index in [1.165, 1.54) is 6.07 Å². The summed E-state index contributed by atoms with van der Waals surface area (Å²) in [5.41, 5.74) is 2.11. The fourth-order valence-corrected chi connectivity index (χ4v) is 1.72. The van der Waals surface area contributed by atoms with E-state index in [9.17, 15) is 22.8 Å². The van der Waals surface area contributed by atoms with Gasteiger partial charge in [-0.3, -0.25) is 4.79 Å². The Bertz CT molecular complexity index is 541. The molecule has 1 atom stereocenters. The number of carbonyl (C=O) groups is 2. The second-order valence-corrected chi connectivity index (χ2v) is 4.80. The Kier molecular flexibility index (Phi) is 5.34. The third-order valence-electron chi connectivity index (χ3n) is 3.05. The standard InChI is InChI=1S/C14H16F3NO3/c1-8-3-4-10(7-9(8)2)12(13(20)21)18-11(19)5-6-14(15,16)17/h3-4,7,12H,5-6H2,1-2H3,(H,18,19)(H,20,21). The topological polar surface area (TPSA) is 66.4 Å². The molecule has 0 aliphatic heterocycles. The van der Waals surface area contributed by atoms with Gasteiger partial charge in [-0.05, 0) is 30.5 Å². The zero-order valence-electron chi connectivity index (χ0n) is 11.6. The minimum Gasteiger partial charge on any atom is -0.479 e. The van der Waals surface area contributed by atoms with Crippen LogP contribution in [0.3, 0.4) is 0 Å². The molecule has 0 saturated heterocycles. The number of carboxylic acids is 1. The predicted molar refractivity (Wildman–Crippen MR) is 69.7 cm³/mol. The molecule has 116 valence electrons. The third-order valence-corrected chi connectivity index (χ3v) is 3.05. The van der Waals surface area contributed by atoms with Gasteiger partial charge in [0.1, 0.15) is 0 Å². The number of aryl methyl sites for hydroxylation is 2. The molecule has 1 unspecified atom stereocenters. The van der Waals surface area contributed by atoms with Crippen molar-refractivity contribution in [3.8, 4) is 0 Å². The molecule has 21 heavy (non-hydrogen) atoms. The van der Waals surface area contributed by atoms with Crippen LogP contribution in [-0.2, 0) is 9.59 Å². The molecular formula is C14H16F3NO3. The molecule has 1 aromatic carbocycles. The van der Waals surface area contributed by atoms with Gasteiger partial charge in [0.15, 0.2) is 6.04 Å². The second-order valence-electron chi connectivity index (χ2n) is 4.80. The van der Waals surface area contributed by atoms with Gasteiger partial charge in [0.2, 0.25) is 5.91 Å². The lowest BCUT2D eigenvalue weighted by molar-refractivity contribution is -0.147. The van der Waals surface area contributed by atoms with Gasteiger partial charge in [-0.25, -0.2) is 4.79 Å². The first-order valence-corrected chi connectivity index (χ1v) is 6.26. The Morgan fingerprint density at radius 1 is 1.24 bits per heavy atom. The lowest BCUT2D eigenvalue weighted by Crippen LogP contribution is -2.34. The van der Waals surface area contributed by atoms with E-state index < -0.39 is 36.9 Å². The SMILES string of the molecule is Cc1ccc(C(NC(=O)CCC(F)(F)F)C(=O)O)cc1C. The first-order chi connectivity index (χ1) is 9.60. The van der Waals surface area contributed by atoms with Gasteiger partial charge in [0.05, 0.1) is 6.42 Å². The third kappa shape index (κ3) is 5.45. The summed E-state index contributed by atoms with van der Waals surface area (Å²) in [6, 6.07) is 3.47. The van der Waals surface area contributed by atoms with Crippen molar-refractivity contribution in [1.82, 2.24) is 5.32 Å². The number of halogens is 3. The number of hydrogen-bond acceptors (Lipinski definition) is 2. The van der Waals surface area contributed by atoms with E-state index in [0.717, 1.165) is 11.1 Å². The van der Waals surface area contributed by atoms with E-state index in [1.54, 1.807) is 19.1 Å². The Hall–Kier alpha value is -2.05. The molecule has 1 amide bonds. The summed E-state index contributed by atoms with van der Waals surface area (Å²) >= 11 is 0. The van der Waals surface area contributed by atoms with Crippen LogP contribution >= 0.6 is 0 Å². The number of carboxylic acid groups (broad SMARTS) is 1.